The predicted octanol–water partition coefficient (Wildman–Crippen LogP) is 4.77. The fraction of sp³-hybridized carbons (Fsp3) is 0.333. The molecule has 1 N–H and O–H groups in total. The number of amides is 1. The fourth-order valence-corrected chi connectivity index (χ4v) is 4.74. The van der Waals surface area contributed by atoms with Crippen molar-refractivity contribution in [2.75, 3.05) is 33.0 Å². The van der Waals surface area contributed by atoms with Gasteiger partial charge < -0.3 is 10.2 Å². The highest BCUT2D eigenvalue weighted by Crippen LogP contribution is 2.25. The second kappa shape index (κ2) is 11.5. The van der Waals surface area contributed by atoms with Gasteiger partial charge in [-0.3, -0.25) is 9.78 Å². The SMILES string of the molecule is C[C@@H](CCNc1cc(C(=O)N(C)[C@@H](C)c2ccccn2)cc(S(=O)(=O)N(C)C)c1)c1ccccc1. The number of nitrogens with zero attached hydrogens (tertiary/aromatic N) is 3. The van der Waals surface area contributed by atoms with Crippen molar-refractivity contribution in [1.82, 2.24) is 14.2 Å². The van der Waals surface area contributed by atoms with E-state index in [1.165, 1.54) is 25.7 Å². The maximum atomic E-state index is 13.4. The van der Waals surface area contributed by atoms with Gasteiger partial charge in [0, 0.05) is 45.1 Å². The third-order valence-corrected chi connectivity index (χ3v) is 8.02. The number of hydrogen-bond acceptors (Lipinski definition) is 5. The van der Waals surface area contributed by atoms with Crippen LogP contribution in [-0.2, 0) is 10.0 Å². The summed E-state index contributed by atoms with van der Waals surface area (Å²) in [6, 6.07) is 20.3. The molecule has 0 bridgehead atoms. The molecule has 7 nitrogen and oxygen atoms in total. The molecular formula is C27H34N4O3S. The molecule has 0 spiro atoms. The molecule has 0 saturated heterocycles. The first-order chi connectivity index (χ1) is 16.6. The van der Waals surface area contributed by atoms with E-state index in [0.29, 0.717) is 23.7 Å². The van der Waals surface area contributed by atoms with Crippen LogP contribution in [0.4, 0.5) is 5.69 Å². The van der Waals surface area contributed by atoms with Crippen LogP contribution >= 0.6 is 0 Å². The smallest absolute Gasteiger partial charge is 0.254 e. The lowest BCUT2D eigenvalue weighted by Crippen LogP contribution is -2.30. The summed E-state index contributed by atoms with van der Waals surface area (Å²) in [5.41, 5.74) is 2.90. The van der Waals surface area contributed by atoms with Gasteiger partial charge in [-0.05, 0) is 55.2 Å². The lowest BCUT2D eigenvalue weighted by atomic mass is 9.98. The molecule has 1 heterocycles. The number of nitrogens with one attached hydrogen (secondary N) is 1. The third kappa shape index (κ3) is 6.46. The van der Waals surface area contributed by atoms with Crippen LogP contribution in [0, 0.1) is 0 Å². The molecule has 0 radical (unpaired) electrons. The van der Waals surface area contributed by atoms with Crippen molar-refractivity contribution in [3.05, 3.63) is 89.7 Å². The van der Waals surface area contributed by atoms with Gasteiger partial charge in [0.15, 0.2) is 0 Å². The molecule has 0 unspecified atom stereocenters. The van der Waals surface area contributed by atoms with E-state index >= 15 is 0 Å². The van der Waals surface area contributed by atoms with Crippen molar-refractivity contribution in [1.29, 1.82) is 0 Å². The van der Waals surface area contributed by atoms with Crippen LogP contribution in [0.2, 0.25) is 0 Å². The Balaban J connectivity index is 1.85. The van der Waals surface area contributed by atoms with Crippen LogP contribution in [0.15, 0.2) is 77.8 Å². The molecule has 8 heteroatoms. The van der Waals surface area contributed by atoms with Crippen LogP contribution in [-0.4, -0.2) is 56.2 Å². The molecule has 0 saturated carbocycles. The zero-order chi connectivity index (χ0) is 25.6. The maximum absolute atomic E-state index is 13.4. The standard InChI is InChI=1S/C27H34N4O3S/c1-20(22-11-7-6-8-12-22)14-16-28-24-17-23(18-25(19-24)35(33,34)30(3)4)27(32)31(5)21(2)26-13-9-10-15-29-26/h6-13,15,17-21,28H,14,16H2,1-5H3/t20-,21-/m0/s1. The predicted molar refractivity (Wildman–Crippen MR) is 140 cm³/mol. The molecule has 1 aromatic heterocycles. The van der Waals surface area contributed by atoms with E-state index in [2.05, 4.69) is 29.4 Å². The Bertz CT molecular complexity index is 1230. The van der Waals surface area contributed by atoms with Gasteiger partial charge in [0.1, 0.15) is 0 Å². The molecule has 186 valence electrons. The average Bonchev–Trinajstić information content (AvgIpc) is 2.88. The van der Waals surface area contributed by atoms with Gasteiger partial charge in [-0.2, -0.15) is 0 Å². The van der Waals surface area contributed by atoms with E-state index in [-0.39, 0.29) is 16.8 Å². The Morgan fingerprint density at radius 3 is 2.29 bits per heavy atom. The molecule has 1 amide bonds. The summed E-state index contributed by atoms with van der Waals surface area (Å²) < 4.78 is 27.0. The highest BCUT2D eigenvalue weighted by atomic mass is 32.2. The number of rotatable bonds is 10. The number of carbonyl (C=O) groups is 1. The summed E-state index contributed by atoms with van der Waals surface area (Å²) in [5, 5.41) is 3.33. The van der Waals surface area contributed by atoms with E-state index in [1.54, 1.807) is 30.3 Å². The molecule has 3 aromatic rings. The highest BCUT2D eigenvalue weighted by molar-refractivity contribution is 7.89. The first-order valence-electron chi connectivity index (χ1n) is 11.7. The Hall–Kier alpha value is -3.23. The molecular weight excluding hydrogens is 460 g/mol. The number of carbonyl (C=O) groups excluding carboxylic acids is 1. The first-order valence-corrected chi connectivity index (χ1v) is 13.1. The number of aromatic nitrogens is 1. The minimum absolute atomic E-state index is 0.0749. The van der Waals surface area contributed by atoms with Crippen molar-refractivity contribution in [3.8, 4) is 0 Å². The van der Waals surface area contributed by atoms with Crippen LogP contribution in [0.25, 0.3) is 0 Å². The third-order valence-electron chi connectivity index (χ3n) is 6.22. The molecule has 0 aliphatic heterocycles. The first kappa shape index (κ1) is 26.4. The van der Waals surface area contributed by atoms with E-state index < -0.39 is 10.0 Å². The highest BCUT2D eigenvalue weighted by Gasteiger charge is 2.24. The monoisotopic (exact) mass is 494 g/mol. The van der Waals surface area contributed by atoms with Gasteiger partial charge in [-0.1, -0.05) is 43.3 Å². The number of hydrogen-bond donors (Lipinski definition) is 1. The van der Waals surface area contributed by atoms with Crippen molar-refractivity contribution in [3.63, 3.8) is 0 Å². The van der Waals surface area contributed by atoms with Gasteiger partial charge in [-0.25, -0.2) is 12.7 Å². The Morgan fingerprint density at radius 1 is 0.971 bits per heavy atom. The molecule has 0 aliphatic rings. The summed E-state index contributed by atoms with van der Waals surface area (Å²) >= 11 is 0. The van der Waals surface area contributed by atoms with E-state index in [0.717, 1.165) is 16.4 Å². The Labute approximate surface area is 208 Å². The minimum Gasteiger partial charge on any atom is -0.385 e. The van der Waals surface area contributed by atoms with Crippen LogP contribution < -0.4 is 5.32 Å². The quantitative estimate of drug-likeness (QED) is 0.439. The lowest BCUT2D eigenvalue weighted by Gasteiger charge is -2.25. The van der Waals surface area contributed by atoms with Crippen LogP contribution in [0.5, 0.6) is 0 Å². The van der Waals surface area contributed by atoms with Crippen molar-refractivity contribution >= 4 is 21.6 Å². The van der Waals surface area contributed by atoms with Gasteiger partial charge in [-0.15, -0.1) is 0 Å². The van der Waals surface area contributed by atoms with Crippen molar-refractivity contribution in [2.45, 2.75) is 37.1 Å². The van der Waals surface area contributed by atoms with Crippen molar-refractivity contribution in [2.24, 2.45) is 0 Å². The van der Waals surface area contributed by atoms with Gasteiger partial charge in [0.25, 0.3) is 5.91 Å². The second-order valence-electron chi connectivity index (χ2n) is 8.91. The summed E-state index contributed by atoms with van der Waals surface area (Å²) in [6.07, 6.45) is 2.54. The maximum Gasteiger partial charge on any atom is 0.254 e. The Kier molecular flexibility index (Phi) is 8.64. The number of pyridine rings is 1. The van der Waals surface area contributed by atoms with E-state index in [1.807, 2.05) is 43.3 Å². The van der Waals surface area contributed by atoms with Gasteiger partial charge >= 0.3 is 0 Å². The summed E-state index contributed by atoms with van der Waals surface area (Å²) in [6.45, 7) is 4.69. The summed E-state index contributed by atoms with van der Waals surface area (Å²) in [4.78, 5) is 19.4. The van der Waals surface area contributed by atoms with E-state index in [9.17, 15) is 13.2 Å². The zero-order valence-corrected chi connectivity index (χ0v) is 21.8. The molecule has 2 aromatic carbocycles. The van der Waals surface area contributed by atoms with Crippen LogP contribution in [0.1, 0.15) is 53.8 Å². The largest absolute Gasteiger partial charge is 0.385 e. The molecule has 3 rings (SSSR count). The topological polar surface area (TPSA) is 82.6 Å². The molecule has 0 fully saturated rings. The zero-order valence-electron chi connectivity index (χ0n) is 21.0. The summed E-state index contributed by atoms with van der Waals surface area (Å²) in [7, 11) is 0.930. The minimum atomic E-state index is -3.73. The van der Waals surface area contributed by atoms with E-state index in [4.69, 9.17) is 0 Å². The van der Waals surface area contributed by atoms with Gasteiger partial charge in [0.2, 0.25) is 10.0 Å². The molecule has 0 aliphatic carbocycles. The average molecular weight is 495 g/mol. The lowest BCUT2D eigenvalue weighted by molar-refractivity contribution is 0.0739. The fourth-order valence-electron chi connectivity index (χ4n) is 3.77. The van der Waals surface area contributed by atoms with Crippen LogP contribution in [0.3, 0.4) is 0 Å². The summed E-state index contributed by atoms with van der Waals surface area (Å²) in [5.74, 6) is 0.0588. The van der Waals surface area contributed by atoms with Crippen molar-refractivity contribution < 1.29 is 13.2 Å². The molecule has 35 heavy (non-hydrogen) atoms. The number of anilines is 1. The number of sulfonamides is 1. The second-order valence-corrected chi connectivity index (χ2v) is 11.1. The number of benzene rings is 2. The normalized spacial score (nSPS) is 13.3. The van der Waals surface area contributed by atoms with Gasteiger partial charge in [0.05, 0.1) is 16.6 Å². The molecule has 2 atom stereocenters. The Morgan fingerprint density at radius 2 is 1.66 bits per heavy atom.